The van der Waals surface area contributed by atoms with E-state index in [1.165, 1.54) is 67.1 Å². The predicted octanol–water partition coefficient (Wildman–Crippen LogP) is 4.65. The van der Waals surface area contributed by atoms with Gasteiger partial charge in [-0.05, 0) is 51.0 Å². The molecule has 0 unspecified atom stereocenters. The van der Waals surface area contributed by atoms with Gasteiger partial charge in [-0.15, -0.1) is 23.7 Å². The van der Waals surface area contributed by atoms with E-state index in [0.29, 0.717) is 6.04 Å². The van der Waals surface area contributed by atoms with Crippen LogP contribution in [0.4, 0.5) is 5.82 Å². The maximum atomic E-state index is 4.73. The summed E-state index contributed by atoms with van der Waals surface area (Å²) in [5, 5.41) is 5.05. The van der Waals surface area contributed by atoms with Gasteiger partial charge in [0.05, 0.1) is 5.39 Å². The number of nitrogens with one attached hydrogen (secondary N) is 1. The zero-order valence-electron chi connectivity index (χ0n) is 12.4. The van der Waals surface area contributed by atoms with E-state index in [-0.39, 0.29) is 12.4 Å². The highest BCUT2D eigenvalue weighted by Crippen LogP contribution is 2.39. The van der Waals surface area contributed by atoms with Crippen LogP contribution in [-0.2, 0) is 12.8 Å². The molecule has 0 aliphatic heterocycles. The first-order valence-corrected chi connectivity index (χ1v) is 8.68. The molecule has 0 saturated heterocycles. The zero-order chi connectivity index (χ0) is 13.5. The molecule has 2 aliphatic carbocycles. The zero-order valence-corrected chi connectivity index (χ0v) is 14.1. The Morgan fingerprint density at radius 2 is 1.81 bits per heavy atom. The van der Waals surface area contributed by atoms with Crippen molar-refractivity contribution in [1.29, 1.82) is 0 Å². The molecule has 114 valence electrons. The molecule has 0 spiro atoms. The number of hydrogen-bond donors (Lipinski definition) is 1. The lowest BCUT2D eigenvalue weighted by Crippen LogP contribution is -2.16. The van der Waals surface area contributed by atoms with Crippen molar-refractivity contribution in [3.8, 4) is 0 Å². The number of anilines is 1. The lowest BCUT2D eigenvalue weighted by molar-refractivity contribution is 0.699. The van der Waals surface area contributed by atoms with E-state index in [2.05, 4.69) is 10.3 Å². The Morgan fingerprint density at radius 3 is 2.62 bits per heavy atom. The molecular weight excluding hydrogens is 302 g/mol. The molecular formula is C16H22ClN3S. The van der Waals surface area contributed by atoms with Crippen molar-refractivity contribution in [2.24, 2.45) is 0 Å². The summed E-state index contributed by atoms with van der Waals surface area (Å²) in [6, 6.07) is 0.617. The number of aromatic nitrogens is 2. The number of nitrogens with zero attached hydrogens (tertiary/aromatic N) is 2. The number of halogens is 1. The summed E-state index contributed by atoms with van der Waals surface area (Å²) < 4.78 is 0. The molecule has 0 atom stereocenters. The van der Waals surface area contributed by atoms with Crippen molar-refractivity contribution in [3.05, 3.63) is 16.3 Å². The summed E-state index contributed by atoms with van der Waals surface area (Å²) in [5.74, 6) is 2.01. The number of thiophene rings is 1. The summed E-state index contributed by atoms with van der Waals surface area (Å²) in [6.45, 7) is 2.01. The summed E-state index contributed by atoms with van der Waals surface area (Å²) in [7, 11) is 0. The second-order valence-corrected chi connectivity index (χ2v) is 7.22. The molecule has 1 saturated carbocycles. The number of rotatable bonds is 2. The van der Waals surface area contributed by atoms with E-state index in [0.717, 1.165) is 11.6 Å². The Labute approximate surface area is 136 Å². The third kappa shape index (κ3) is 2.76. The molecule has 0 radical (unpaired) electrons. The third-order valence-corrected chi connectivity index (χ3v) is 5.81. The van der Waals surface area contributed by atoms with E-state index in [1.54, 1.807) is 4.88 Å². The molecule has 2 aromatic heterocycles. The summed E-state index contributed by atoms with van der Waals surface area (Å²) >= 11 is 1.89. The second kappa shape index (κ2) is 6.09. The maximum Gasteiger partial charge on any atom is 0.139 e. The monoisotopic (exact) mass is 323 g/mol. The minimum absolute atomic E-state index is 0. The van der Waals surface area contributed by atoms with Gasteiger partial charge < -0.3 is 5.32 Å². The first-order chi connectivity index (χ1) is 9.81. The topological polar surface area (TPSA) is 37.8 Å². The van der Waals surface area contributed by atoms with E-state index in [4.69, 9.17) is 4.98 Å². The highest BCUT2D eigenvalue weighted by molar-refractivity contribution is 7.19. The van der Waals surface area contributed by atoms with Crippen molar-refractivity contribution >= 4 is 39.8 Å². The molecule has 2 aliphatic rings. The van der Waals surface area contributed by atoms with Crippen LogP contribution in [0.2, 0.25) is 0 Å². The van der Waals surface area contributed by atoms with Gasteiger partial charge in [0.25, 0.3) is 0 Å². The smallest absolute Gasteiger partial charge is 0.139 e. The molecule has 3 nitrogen and oxygen atoms in total. The van der Waals surface area contributed by atoms with Crippen LogP contribution in [0.15, 0.2) is 0 Å². The fourth-order valence-electron chi connectivity index (χ4n) is 3.63. The quantitative estimate of drug-likeness (QED) is 0.873. The fourth-order valence-corrected chi connectivity index (χ4v) is 4.94. The highest BCUT2D eigenvalue weighted by Gasteiger charge is 2.22. The van der Waals surface area contributed by atoms with Gasteiger partial charge in [0.1, 0.15) is 16.5 Å². The van der Waals surface area contributed by atoms with Gasteiger partial charge >= 0.3 is 0 Å². The van der Waals surface area contributed by atoms with Gasteiger partial charge in [-0.25, -0.2) is 9.97 Å². The molecule has 4 rings (SSSR count). The van der Waals surface area contributed by atoms with Crippen LogP contribution < -0.4 is 5.32 Å². The molecule has 0 aromatic carbocycles. The highest BCUT2D eigenvalue weighted by atomic mass is 35.5. The molecule has 1 fully saturated rings. The SMILES string of the molecule is Cc1nc(NC2CCCC2)c2c3c(sc2n1)CCCC3.Cl. The molecule has 21 heavy (non-hydrogen) atoms. The van der Waals surface area contributed by atoms with E-state index in [1.807, 2.05) is 18.3 Å². The van der Waals surface area contributed by atoms with Crippen LogP contribution in [-0.4, -0.2) is 16.0 Å². The Hall–Kier alpha value is -0.870. The maximum absolute atomic E-state index is 4.73. The lowest BCUT2D eigenvalue weighted by Gasteiger charge is -2.16. The summed E-state index contributed by atoms with van der Waals surface area (Å²) in [6.07, 6.45) is 10.4. The van der Waals surface area contributed by atoms with Crippen LogP contribution in [0.25, 0.3) is 10.2 Å². The first kappa shape index (κ1) is 15.0. The fraction of sp³-hybridized carbons (Fsp3) is 0.625. The molecule has 0 bridgehead atoms. The van der Waals surface area contributed by atoms with Crippen LogP contribution in [0.5, 0.6) is 0 Å². The van der Waals surface area contributed by atoms with E-state index in [9.17, 15) is 0 Å². The normalized spacial score (nSPS) is 18.5. The summed E-state index contributed by atoms with van der Waals surface area (Å²) in [5.41, 5.74) is 1.54. The van der Waals surface area contributed by atoms with Gasteiger partial charge in [-0.3, -0.25) is 0 Å². The molecule has 2 heterocycles. The number of hydrogen-bond acceptors (Lipinski definition) is 4. The standard InChI is InChI=1S/C16H21N3S.ClH/c1-10-17-15(19-11-6-2-3-7-11)14-12-8-4-5-9-13(12)20-16(14)18-10;/h11H,2-9H2,1H3,(H,17,18,19);1H. The van der Waals surface area contributed by atoms with Crippen LogP contribution in [0.3, 0.4) is 0 Å². The molecule has 5 heteroatoms. The van der Waals surface area contributed by atoms with Gasteiger partial charge in [0, 0.05) is 10.9 Å². The molecule has 0 amide bonds. The summed E-state index contributed by atoms with van der Waals surface area (Å²) in [4.78, 5) is 12.2. The van der Waals surface area contributed by atoms with Gasteiger partial charge in [-0.1, -0.05) is 12.8 Å². The van der Waals surface area contributed by atoms with Crippen molar-refractivity contribution in [2.75, 3.05) is 5.32 Å². The number of aryl methyl sites for hydroxylation is 3. The van der Waals surface area contributed by atoms with E-state index < -0.39 is 0 Å². The largest absolute Gasteiger partial charge is 0.367 e. The predicted molar refractivity (Wildman–Crippen MR) is 91.9 cm³/mol. The van der Waals surface area contributed by atoms with Gasteiger partial charge in [0.2, 0.25) is 0 Å². The van der Waals surface area contributed by atoms with Crippen molar-refractivity contribution < 1.29 is 0 Å². The van der Waals surface area contributed by atoms with Crippen molar-refractivity contribution in [3.63, 3.8) is 0 Å². The Balaban J connectivity index is 0.00000132. The third-order valence-electron chi connectivity index (χ3n) is 4.62. The molecule has 1 N–H and O–H groups in total. The second-order valence-electron chi connectivity index (χ2n) is 6.14. The van der Waals surface area contributed by atoms with Crippen molar-refractivity contribution in [2.45, 2.75) is 64.3 Å². The van der Waals surface area contributed by atoms with Crippen molar-refractivity contribution in [1.82, 2.24) is 9.97 Å². The minimum atomic E-state index is 0. The molecule has 2 aromatic rings. The Bertz CT molecular complexity index is 646. The van der Waals surface area contributed by atoms with Crippen LogP contribution >= 0.6 is 23.7 Å². The first-order valence-electron chi connectivity index (χ1n) is 7.86. The van der Waals surface area contributed by atoms with E-state index >= 15 is 0 Å². The Kier molecular flexibility index (Phi) is 4.36. The van der Waals surface area contributed by atoms with Gasteiger partial charge in [-0.2, -0.15) is 0 Å². The lowest BCUT2D eigenvalue weighted by atomic mass is 9.97. The number of fused-ring (bicyclic) bond motifs is 3. The van der Waals surface area contributed by atoms with Crippen LogP contribution in [0, 0.1) is 6.92 Å². The van der Waals surface area contributed by atoms with Gasteiger partial charge in [0.15, 0.2) is 0 Å². The van der Waals surface area contributed by atoms with Crippen LogP contribution in [0.1, 0.15) is 54.8 Å². The average molecular weight is 324 g/mol. The average Bonchev–Trinajstić information content (AvgIpc) is 3.04. The minimum Gasteiger partial charge on any atom is -0.367 e. The Morgan fingerprint density at radius 1 is 1.05 bits per heavy atom.